The van der Waals surface area contributed by atoms with Crippen molar-refractivity contribution in [1.29, 1.82) is 0 Å². The number of benzene rings is 1. The number of carboxylic acids is 1. The van der Waals surface area contributed by atoms with E-state index < -0.39 is 5.97 Å². The Hall–Kier alpha value is -2.70. The fourth-order valence-electron chi connectivity index (χ4n) is 3.57. The van der Waals surface area contributed by atoms with E-state index in [0.717, 1.165) is 18.9 Å². The second kappa shape index (κ2) is 17.8. The Kier molecular flexibility index (Phi) is 15.3. The minimum Gasteiger partial charge on any atom is -0.495 e. The van der Waals surface area contributed by atoms with Gasteiger partial charge in [-0.1, -0.05) is 71.1 Å². The summed E-state index contributed by atoms with van der Waals surface area (Å²) in [7, 11) is 1.52. The van der Waals surface area contributed by atoms with Crippen molar-refractivity contribution in [2.24, 2.45) is 0 Å². The maximum Gasteiger partial charge on any atom is 0.333 e. The van der Waals surface area contributed by atoms with E-state index in [1.807, 2.05) is 0 Å². The first-order valence-corrected chi connectivity index (χ1v) is 12.3. The predicted molar refractivity (Wildman–Crippen MR) is 134 cm³/mol. The number of hydrogen-bond donors (Lipinski definition) is 3. The molecule has 0 radical (unpaired) electrons. The van der Waals surface area contributed by atoms with Gasteiger partial charge in [0.25, 0.3) is 0 Å². The summed E-state index contributed by atoms with van der Waals surface area (Å²) < 4.78 is 10.7. The van der Waals surface area contributed by atoms with E-state index in [1.165, 1.54) is 64.9 Å². The van der Waals surface area contributed by atoms with Crippen LogP contribution in [0.4, 0.5) is 11.4 Å². The van der Waals surface area contributed by atoms with Gasteiger partial charge in [0.2, 0.25) is 5.91 Å². The molecule has 0 heterocycles. The van der Waals surface area contributed by atoms with Crippen LogP contribution in [0, 0.1) is 0 Å². The molecule has 1 aromatic carbocycles. The molecule has 0 aliphatic carbocycles. The van der Waals surface area contributed by atoms with E-state index in [4.69, 9.17) is 14.6 Å². The summed E-state index contributed by atoms with van der Waals surface area (Å²) in [6.07, 6.45) is 15.1. The third-order valence-electron chi connectivity index (χ3n) is 5.30. The number of ether oxygens (including phenoxy) is 2. The smallest absolute Gasteiger partial charge is 0.333 e. The molecule has 7 nitrogen and oxygen atoms in total. The van der Waals surface area contributed by atoms with Crippen molar-refractivity contribution in [3.63, 3.8) is 0 Å². The molecule has 0 spiro atoms. The van der Waals surface area contributed by atoms with Gasteiger partial charge in [-0.05, 0) is 31.5 Å². The number of hydrogen-bond acceptors (Lipinski definition) is 5. The molecule has 0 unspecified atom stereocenters. The Bertz CT molecular complexity index is 733. The number of aliphatic carboxylic acids is 1. The van der Waals surface area contributed by atoms with Crippen LogP contribution in [0.15, 0.2) is 30.2 Å². The number of carbonyl (C=O) groups excluding carboxylic acids is 1. The Balaban J connectivity index is 2.40. The van der Waals surface area contributed by atoms with E-state index in [-0.39, 0.29) is 11.8 Å². The second-order valence-corrected chi connectivity index (χ2v) is 8.15. The molecule has 0 saturated heterocycles. The van der Waals surface area contributed by atoms with Gasteiger partial charge in [-0.3, -0.25) is 4.79 Å². The van der Waals surface area contributed by atoms with E-state index in [0.29, 0.717) is 30.2 Å². The van der Waals surface area contributed by atoms with Gasteiger partial charge in [0.1, 0.15) is 5.75 Å². The topological polar surface area (TPSA) is 96.9 Å². The molecule has 3 N–H and O–H groups in total. The normalized spacial score (nSPS) is 11.2. The van der Waals surface area contributed by atoms with Crippen molar-refractivity contribution >= 4 is 23.3 Å². The van der Waals surface area contributed by atoms with E-state index in [9.17, 15) is 9.59 Å². The van der Waals surface area contributed by atoms with E-state index in [2.05, 4.69) is 17.6 Å². The Labute approximate surface area is 198 Å². The lowest BCUT2D eigenvalue weighted by Crippen LogP contribution is -2.12. The maximum atomic E-state index is 12.3. The third kappa shape index (κ3) is 13.4. The van der Waals surface area contributed by atoms with Crippen LogP contribution in [0.3, 0.4) is 0 Å². The number of methoxy groups -OCH3 is 1. The summed E-state index contributed by atoms with van der Waals surface area (Å²) >= 11 is 0. The molecule has 0 fully saturated rings. The fraction of sp³-hybridized carbons (Fsp3) is 0.615. The molecular formula is C26H42N2O5. The fourth-order valence-corrected chi connectivity index (χ4v) is 3.57. The zero-order valence-electron chi connectivity index (χ0n) is 20.6. The number of carbonyl (C=O) groups is 2. The maximum absolute atomic E-state index is 12.3. The summed E-state index contributed by atoms with van der Waals surface area (Å²) in [4.78, 5) is 23.3. The third-order valence-corrected chi connectivity index (χ3v) is 5.30. The lowest BCUT2D eigenvalue weighted by atomic mass is 10.1. The summed E-state index contributed by atoms with van der Waals surface area (Å²) in [6, 6.07) is 5.17. The largest absolute Gasteiger partial charge is 0.495 e. The second-order valence-electron chi connectivity index (χ2n) is 8.15. The number of nitrogens with one attached hydrogen (secondary N) is 2. The summed E-state index contributed by atoms with van der Waals surface area (Å²) in [5.74, 6) is -0.559. The van der Waals surface area contributed by atoms with Gasteiger partial charge in [0.05, 0.1) is 25.5 Å². The summed E-state index contributed by atoms with van der Waals surface area (Å²) in [6.45, 7) is 4.32. The molecule has 0 atom stereocenters. The van der Waals surface area contributed by atoms with Crippen molar-refractivity contribution in [2.45, 2.75) is 90.9 Å². The highest BCUT2D eigenvalue weighted by molar-refractivity contribution is 5.91. The molecule has 0 aliphatic heterocycles. The first-order valence-electron chi connectivity index (χ1n) is 12.3. The molecule has 0 aliphatic rings. The average Bonchev–Trinajstić information content (AvgIpc) is 2.77. The minimum absolute atomic E-state index is 0.0341. The Morgan fingerprint density at radius 3 is 2.06 bits per heavy atom. The molecule has 1 amide bonds. The lowest BCUT2D eigenvalue weighted by Gasteiger charge is -2.15. The molecule has 1 rings (SSSR count). The zero-order valence-corrected chi connectivity index (χ0v) is 20.6. The monoisotopic (exact) mass is 462 g/mol. The van der Waals surface area contributed by atoms with Crippen molar-refractivity contribution in [3.05, 3.63) is 30.2 Å². The van der Waals surface area contributed by atoms with Gasteiger partial charge in [0, 0.05) is 12.1 Å². The standard InChI is InChI=1S/C26H42N2O5/c1-4-6-7-8-9-10-11-12-13-14-15-16-24(29)27-21-17-18-23(32-3)22(19-21)28-25(33-5-2)20-26(30)31/h17-20,28H,4-16H2,1-3H3,(H,27,29)(H,30,31)/b25-20-. The van der Waals surface area contributed by atoms with Gasteiger partial charge in [-0.2, -0.15) is 0 Å². The quantitative estimate of drug-likeness (QED) is 0.120. The molecule has 186 valence electrons. The average molecular weight is 463 g/mol. The highest BCUT2D eigenvalue weighted by Gasteiger charge is 2.10. The van der Waals surface area contributed by atoms with Crippen LogP contribution < -0.4 is 15.4 Å². The van der Waals surface area contributed by atoms with Crippen LogP contribution in [-0.2, 0) is 14.3 Å². The number of rotatable bonds is 19. The molecule has 7 heteroatoms. The van der Waals surface area contributed by atoms with Crippen LogP contribution in [0.5, 0.6) is 5.75 Å². The summed E-state index contributed by atoms with van der Waals surface area (Å²) in [5.41, 5.74) is 1.11. The number of carboxylic acid groups (broad SMARTS) is 1. The van der Waals surface area contributed by atoms with E-state index in [1.54, 1.807) is 25.1 Å². The minimum atomic E-state index is -1.12. The number of anilines is 2. The highest BCUT2D eigenvalue weighted by Crippen LogP contribution is 2.29. The molecular weight excluding hydrogens is 420 g/mol. The van der Waals surface area contributed by atoms with Crippen molar-refractivity contribution in [3.8, 4) is 5.75 Å². The molecule has 0 saturated carbocycles. The zero-order chi connectivity index (χ0) is 24.3. The summed E-state index contributed by atoms with van der Waals surface area (Å²) in [5, 5.41) is 14.8. The first kappa shape index (κ1) is 28.3. The van der Waals surface area contributed by atoms with Gasteiger partial charge < -0.3 is 25.2 Å². The molecule has 1 aromatic rings. The number of amides is 1. The van der Waals surface area contributed by atoms with Crippen molar-refractivity contribution in [2.75, 3.05) is 24.4 Å². The highest BCUT2D eigenvalue weighted by atomic mass is 16.5. The van der Waals surface area contributed by atoms with Crippen LogP contribution in [0.1, 0.15) is 90.9 Å². The van der Waals surface area contributed by atoms with Gasteiger partial charge in [-0.15, -0.1) is 0 Å². The van der Waals surface area contributed by atoms with Gasteiger partial charge in [0.15, 0.2) is 5.88 Å². The Morgan fingerprint density at radius 2 is 1.52 bits per heavy atom. The predicted octanol–water partition coefficient (Wildman–Crippen LogP) is 6.71. The molecule has 33 heavy (non-hydrogen) atoms. The van der Waals surface area contributed by atoms with Crippen LogP contribution in [0.25, 0.3) is 0 Å². The van der Waals surface area contributed by atoms with Gasteiger partial charge in [-0.25, -0.2) is 4.79 Å². The molecule has 0 bridgehead atoms. The van der Waals surface area contributed by atoms with Crippen LogP contribution in [0.2, 0.25) is 0 Å². The van der Waals surface area contributed by atoms with E-state index >= 15 is 0 Å². The Morgan fingerprint density at radius 1 is 0.909 bits per heavy atom. The van der Waals surface area contributed by atoms with Crippen LogP contribution >= 0.6 is 0 Å². The first-order chi connectivity index (χ1) is 16.0. The lowest BCUT2D eigenvalue weighted by molar-refractivity contribution is -0.131. The van der Waals surface area contributed by atoms with Crippen molar-refractivity contribution < 1.29 is 24.2 Å². The van der Waals surface area contributed by atoms with Gasteiger partial charge >= 0.3 is 5.97 Å². The molecule has 0 aromatic heterocycles. The SMILES string of the molecule is CCCCCCCCCCCCCC(=O)Nc1ccc(OC)c(N/C(=C/C(=O)O)OCC)c1. The number of unbranched alkanes of at least 4 members (excludes halogenated alkanes) is 10. The van der Waals surface area contributed by atoms with Crippen molar-refractivity contribution in [1.82, 2.24) is 0 Å². The van der Waals surface area contributed by atoms with Crippen LogP contribution in [-0.4, -0.2) is 30.7 Å².